The fourth-order valence-electron chi connectivity index (χ4n) is 4.16. The smallest absolute Gasteiger partial charge is 0.322 e. The molecular weight excluding hydrogens is 604 g/mol. The molecule has 0 atom stereocenters. The molecule has 3 N–H and O–H groups in total. The largest absolute Gasteiger partial charge is 0.480 e. The van der Waals surface area contributed by atoms with Crippen molar-refractivity contribution in [2.45, 2.75) is 65.8 Å². The molecule has 2 amide bonds. The summed E-state index contributed by atoms with van der Waals surface area (Å²) in [6.07, 6.45) is 7.28. The Kier molecular flexibility index (Phi) is 21.2. The number of nitrogens with one attached hydrogen (secondary N) is 2. The maximum absolute atomic E-state index is 12.3. The summed E-state index contributed by atoms with van der Waals surface area (Å²) in [7, 11) is 0. The second-order valence-corrected chi connectivity index (χ2v) is 11.7. The molecule has 0 aliphatic rings. The summed E-state index contributed by atoms with van der Waals surface area (Å²) in [5.74, 6) is -0.362. The molecule has 10 nitrogen and oxygen atoms in total. The first-order valence-electron chi connectivity index (χ1n) is 15.8. The Hall–Kier alpha value is -3.96. The molecule has 0 unspecified atom stereocenters. The molecular formula is C35H50N4O6S. The minimum atomic E-state index is -1.11. The fraction of sp³-hybridized carbons (Fsp3) is 0.457. The first-order chi connectivity index (χ1) is 22.1. The zero-order chi connectivity index (χ0) is 34.2. The summed E-state index contributed by atoms with van der Waals surface area (Å²) in [6, 6.07) is 20.3. The lowest BCUT2D eigenvalue weighted by molar-refractivity contribution is -0.384. The van der Waals surface area contributed by atoms with E-state index in [9.17, 15) is 24.5 Å². The molecule has 3 aromatic rings. The van der Waals surface area contributed by atoms with E-state index in [0.717, 1.165) is 34.7 Å². The number of carboxylic acid groups (broad SMARTS) is 1. The van der Waals surface area contributed by atoms with E-state index in [0.29, 0.717) is 32.5 Å². The van der Waals surface area contributed by atoms with E-state index in [-0.39, 0.29) is 18.1 Å². The fourth-order valence-corrected chi connectivity index (χ4v) is 4.16. The van der Waals surface area contributed by atoms with Crippen LogP contribution in [-0.4, -0.2) is 70.9 Å². The van der Waals surface area contributed by atoms with Crippen LogP contribution >= 0.6 is 11.8 Å². The van der Waals surface area contributed by atoms with Gasteiger partial charge in [0.1, 0.15) is 6.54 Å². The van der Waals surface area contributed by atoms with Crippen LogP contribution in [0.25, 0.3) is 10.8 Å². The Morgan fingerprint density at radius 1 is 0.891 bits per heavy atom. The predicted octanol–water partition coefficient (Wildman–Crippen LogP) is 6.46. The monoisotopic (exact) mass is 654 g/mol. The Balaban J connectivity index is 0.00000118. The molecule has 3 rings (SSSR count). The van der Waals surface area contributed by atoms with Gasteiger partial charge >= 0.3 is 5.97 Å². The van der Waals surface area contributed by atoms with Gasteiger partial charge in [-0.3, -0.25) is 29.4 Å². The molecule has 0 aliphatic heterocycles. The molecule has 0 fully saturated rings. The third-order valence-electron chi connectivity index (χ3n) is 6.88. The first-order valence-corrected chi connectivity index (χ1v) is 17.2. The second kappa shape index (κ2) is 24.3. The summed E-state index contributed by atoms with van der Waals surface area (Å²) >= 11 is 1.86. The Bertz CT molecular complexity index is 1320. The van der Waals surface area contributed by atoms with Crippen molar-refractivity contribution in [1.82, 2.24) is 15.5 Å². The normalized spacial score (nSPS) is 10.3. The Morgan fingerprint density at radius 2 is 1.54 bits per heavy atom. The topological polar surface area (TPSA) is 142 Å². The number of amides is 2. The van der Waals surface area contributed by atoms with Crippen LogP contribution in [0.5, 0.6) is 0 Å². The molecule has 46 heavy (non-hydrogen) atoms. The van der Waals surface area contributed by atoms with E-state index >= 15 is 0 Å². The minimum absolute atomic E-state index is 0.00160. The van der Waals surface area contributed by atoms with Crippen LogP contribution in [0.15, 0.2) is 66.7 Å². The Labute approximate surface area is 277 Å². The summed E-state index contributed by atoms with van der Waals surface area (Å²) in [5.41, 5.74) is 2.08. The summed E-state index contributed by atoms with van der Waals surface area (Å²) in [4.78, 5) is 47.6. The molecule has 0 bridgehead atoms. The average Bonchev–Trinajstić information content (AvgIpc) is 3.06. The number of nitro benzene ring substituents is 1. The van der Waals surface area contributed by atoms with E-state index in [4.69, 9.17) is 5.11 Å². The molecule has 0 saturated carbocycles. The highest BCUT2D eigenvalue weighted by Crippen LogP contribution is 2.20. The number of hydrogen-bond donors (Lipinski definition) is 3. The van der Waals surface area contributed by atoms with E-state index in [2.05, 4.69) is 37.7 Å². The van der Waals surface area contributed by atoms with Gasteiger partial charge in [-0.25, -0.2) is 0 Å². The van der Waals surface area contributed by atoms with Crippen LogP contribution in [-0.2, 0) is 27.3 Å². The van der Waals surface area contributed by atoms with Gasteiger partial charge in [0.2, 0.25) is 11.8 Å². The Morgan fingerprint density at radius 3 is 2.15 bits per heavy atom. The molecule has 0 aromatic heterocycles. The van der Waals surface area contributed by atoms with Gasteiger partial charge in [-0.05, 0) is 53.2 Å². The number of hydrogen-bond acceptors (Lipinski definition) is 7. The number of aryl methyl sites for hydroxylation is 1. The third-order valence-corrected chi connectivity index (χ3v) is 7.46. The highest BCUT2D eigenvalue weighted by molar-refractivity contribution is 7.98. The quantitative estimate of drug-likeness (QED) is 0.0856. The van der Waals surface area contributed by atoms with Crippen molar-refractivity contribution < 1.29 is 24.4 Å². The maximum atomic E-state index is 12.3. The van der Waals surface area contributed by atoms with Gasteiger partial charge in [0.25, 0.3) is 5.69 Å². The van der Waals surface area contributed by atoms with Crippen molar-refractivity contribution in [2.75, 3.05) is 38.2 Å². The zero-order valence-electron chi connectivity index (χ0n) is 27.6. The van der Waals surface area contributed by atoms with Crippen molar-refractivity contribution in [3.63, 3.8) is 0 Å². The highest BCUT2D eigenvalue weighted by Gasteiger charge is 2.14. The van der Waals surface area contributed by atoms with E-state index in [1.54, 1.807) is 12.1 Å². The average molecular weight is 655 g/mol. The molecule has 0 radical (unpaired) electrons. The lowest BCUT2D eigenvalue weighted by atomic mass is 10.0. The van der Waals surface area contributed by atoms with Gasteiger partial charge in [0.15, 0.2) is 0 Å². The number of aliphatic carboxylic acids is 1. The number of carbonyl (C=O) groups excluding carboxylic acids is 2. The number of fused-ring (bicyclic) bond motifs is 1. The molecule has 0 spiro atoms. The van der Waals surface area contributed by atoms with Crippen molar-refractivity contribution in [2.24, 2.45) is 0 Å². The summed E-state index contributed by atoms with van der Waals surface area (Å²) in [5, 5.41) is 27.0. The van der Waals surface area contributed by atoms with Crippen LogP contribution in [0.4, 0.5) is 5.69 Å². The molecule has 3 aromatic carbocycles. The minimum Gasteiger partial charge on any atom is -0.480 e. The summed E-state index contributed by atoms with van der Waals surface area (Å²) in [6.45, 7) is 7.28. The standard InChI is InChI=1S/C28H32N4O6.C4H10.C3H8S/c33-26(11-4-1-6-21-12-14-24(15-13-21)32(37)38)29-16-17-31(20-27(34)30-18-28(35)36)19-23-9-5-8-22-7-2-3-10-25(22)23;2*1-3-4-2/h2-3,5,7-10,12-15H,1,4,6,11,16-20H2,(H,29,33)(H,30,34)(H,35,36);3-4H2,1-2H3;3H2,1-2H3. The van der Waals surface area contributed by atoms with E-state index < -0.39 is 23.3 Å². The van der Waals surface area contributed by atoms with Crippen LogP contribution in [0, 0.1) is 10.1 Å². The van der Waals surface area contributed by atoms with E-state index in [1.807, 2.05) is 59.1 Å². The van der Waals surface area contributed by atoms with Crippen LogP contribution in [0.3, 0.4) is 0 Å². The maximum Gasteiger partial charge on any atom is 0.322 e. The van der Waals surface area contributed by atoms with Crippen molar-refractivity contribution >= 4 is 46.0 Å². The first kappa shape index (κ1) is 40.1. The van der Waals surface area contributed by atoms with Crippen molar-refractivity contribution in [3.8, 4) is 0 Å². The number of carboxylic acids is 1. The summed E-state index contributed by atoms with van der Waals surface area (Å²) < 4.78 is 0. The van der Waals surface area contributed by atoms with Gasteiger partial charge in [0.05, 0.1) is 11.5 Å². The number of benzene rings is 3. The lowest BCUT2D eigenvalue weighted by Crippen LogP contribution is -2.42. The number of unbranched alkanes of at least 4 members (excludes halogenated alkanes) is 2. The van der Waals surface area contributed by atoms with Gasteiger partial charge in [-0.1, -0.05) is 88.2 Å². The van der Waals surface area contributed by atoms with Gasteiger partial charge in [-0.2, -0.15) is 11.8 Å². The van der Waals surface area contributed by atoms with Crippen LogP contribution in [0.2, 0.25) is 0 Å². The second-order valence-electron chi connectivity index (χ2n) is 10.6. The number of carbonyl (C=O) groups is 3. The zero-order valence-corrected chi connectivity index (χ0v) is 28.4. The van der Waals surface area contributed by atoms with Gasteiger partial charge < -0.3 is 15.7 Å². The SMILES string of the molecule is CCCC.CCSC.O=C(O)CNC(=O)CN(CCNC(=O)CCCCc1ccc([N+](=O)[O-])cc1)Cc1cccc2ccccc12. The molecule has 0 saturated heterocycles. The number of non-ortho nitro benzene ring substituents is 1. The third kappa shape index (κ3) is 17.5. The predicted molar refractivity (Wildman–Crippen MR) is 188 cm³/mol. The molecule has 11 heteroatoms. The lowest BCUT2D eigenvalue weighted by Gasteiger charge is -2.23. The number of nitro groups is 1. The van der Waals surface area contributed by atoms with Crippen LogP contribution in [0.1, 0.15) is 64.0 Å². The van der Waals surface area contributed by atoms with Crippen LogP contribution < -0.4 is 10.6 Å². The van der Waals surface area contributed by atoms with Crippen molar-refractivity contribution in [1.29, 1.82) is 0 Å². The van der Waals surface area contributed by atoms with Crippen molar-refractivity contribution in [3.05, 3.63) is 88.0 Å². The molecule has 0 aliphatic carbocycles. The number of rotatable bonds is 17. The van der Waals surface area contributed by atoms with E-state index in [1.165, 1.54) is 30.7 Å². The number of thioether (sulfide) groups is 1. The molecule has 252 valence electrons. The van der Waals surface area contributed by atoms with Gasteiger partial charge in [0, 0.05) is 38.2 Å². The molecule has 0 heterocycles. The highest BCUT2D eigenvalue weighted by atomic mass is 32.2. The van der Waals surface area contributed by atoms with Gasteiger partial charge in [-0.15, -0.1) is 0 Å². The number of nitrogens with zero attached hydrogens (tertiary/aromatic N) is 2.